The van der Waals surface area contributed by atoms with Gasteiger partial charge in [0.05, 0.1) is 23.7 Å². The lowest BCUT2D eigenvalue weighted by atomic mass is 10.1. The smallest absolute Gasteiger partial charge is 0.260 e. The van der Waals surface area contributed by atoms with Gasteiger partial charge in [-0.15, -0.1) is 0 Å². The summed E-state index contributed by atoms with van der Waals surface area (Å²) in [5.74, 6) is -0.0625. The van der Waals surface area contributed by atoms with Gasteiger partial charge < -0.3 is 10.1 Å². The van der Waals surface area contributed by atoms with Gasteiger partial charge in [-0.1, -0.05) is 41.7 Å². The van der Waals surface area contributed by atoms with E-state index in [1.54, 1.807) is 26.2 Å². The molecule has 3 N–H and O–H groups in total. The summed E-state index contributed by atoms with van der Waals surface area (Å²) in [5, 5.41) is 3.70. The number of thiazole rings is 1. The molecule has 3 aromatic rings. The summed E-state index contributed by atoms with van der Waals surface area (Å²) in [6, 6.07) is 14.4. The van der Waals surface area contributed by atoms with Crippen LogP contribution in [0, 0.1) is 0 Å². The Morgan fingerprint density at radius 3 is 2.63 bits per heavy atom. The molecule has 0 aliphatic carbocycles. The van der Waals surface area contributed by atoms with Crippen molar-refractivity contribution in [2.75, 3.05) is 12.4 Å². The number of methoxy groups -OCH3 is 1. The first-order chi connectivity index (χ1) is 13.1. The first-order valence-corrected chi connectivity index (χ1v) is 9.21. The van der Waals surface area contributed by atoms with Crippen LogP contribution in [0.3, 0.4) is 0 Å². The first-order valence-electron chi connectivity index (χ1n) is 8.39. The number of aromatic nitrogens is 1. The molecule has 0 aliphatic heterocycles. The highest BCUT2D eigenvalue weighted by atomic mass is 32.1. The maximum Gasteiger partial charge on any atom is 0.260 e. The number of amides is 2. The number of ether oxygens (including phenoxy) is 1. The predicted octanol–water partition coefficient (Wildman–Crippen LogP) is 2.50. The summed E-state index contributed by atoms with van der Waals surface area (Å²) in [7, 11) is 1.55. The molecule has 1 atom stereocenters. The number of carbonyl (C=O) groups excluding carboxylic acids is 2. The Morgan fingerprint density at radius 1 is 1.11 bits per heavy atom. The molecule has 0 unspecified atom stereocenters. The number of anilines is 1. The van der Waals surface area contributed by atoms with E-state index < -0.39 is 6.04 Å². The highest BCUT2D eigenvalue weighted by molar-refractivity contribution is 7.22. The van der Waals surface area contributed by atoms with Crippen LogP contribution < -0.4 is 20.9 Å². The Kier molecular flexibility index (Phi) is 5.87. The van der Waals surface area contributed by atoms with Gasteiger partial charge in [-0.25, -0.2) is 4.98 Å². The molecule has 8 heteroatoms. The van der Waals surface area contributed by atoms with Gasteiger partial charge in [0.25, 0.3) is 5.91 Å². The highest BCUT2D eigenvalue weighted by Crippen LogP contribution is 2.25. The van der Waals surface area contributed by atoms with Crippen molar-refractivity contribution >= 4 is 38.5 Å². The third-order valence-electron chi connectivity index (χ3n) is 3.90. The molecule has 1 aromatic heterocycles. The number of carbonyl (C=O) groups is 2. The van der Waals surface area contributed by atoms with E-state index in [1.807, 2.05) is 36.4 Å². The fourth-order valence-corrected chi connectivity index (χ4v) is 3.44. The molecular formula is C19H20N4O3S. The van der Waals surface area contributed by atoms with Crippen LogP contribution in [0.4, 0.5) is 5.13 Å². The second-order valence-corrected chi connectivity index (χ2v) is 6.91. The summed E-state index contributed by atoms with van der Waals surface area (Å²) in [5.41, 5.74) is 6.47. The average Bonchev–Trinajstić information content (AvgIpc) is 3.08. The molecule has 0 bridgehead atoms. The van der Waals surface area contributed by atoms with Crippen LogP contribution >= 0.6 is 11.3 Å². The van der Waals surface area contributed by atoms with Crippen molar-refractivity contribution in [1.29, 1.82) is 0 Å². The van der Waals surface area contributed by atoms with E-state index in [0.29, 0.717) is 10.9 Å². The van der Waals surface area contributed by atoms with Gasteiger partial charge in [0.15, 0.2) is 5.13 Å². The normalized spacial score (nSPS) is 11.6. The number of hydrogen-bond acceptors (Lipinski definition) is 6. The van der Waals surface area contributed by atoms with Crippen molar-refractivity contribution in [2.24, 2.45) is 0 Å². The van der Waals surface area contributed by atoms with E-state index in [0.717, 1.165) is 15.8 Å². The van der Waals surface area contributed by atoms with Crippen molar-refractivity contribution in [3.8, 4) is 5.75 Å². The van der Waals surface area contributed by atoms with Gasteiger partial charge in [0.1, 0.15) is 11.8 Å². The maximum absolute atomic E-state index is 12.2. The fraction of sp³-hybridized carbons (Fsp3) is 0.211. The molecule has 2 amide bonds. The Bertz CT molecular complexity index is 924. The van der Waals surface area contributed by atoms with Gasteiger partial charge in [-0.3, -0.25) is 20.4 Å². The minimum atomic E-state index is -0.558. The van der Waals surface area contributed by atoms with Gasteiger partial charge in [0, 0.05) is 5.56 Å². The number of nitrogens with zero attached hydrogens (tertiary/aromatic N) is 1. The second-order valence-electron chi connectivity index (χ2n) is 5.88. The topological polar surface area (TPSA) is 92.4 Å². The number of nitrogens with one attached hydrogen (secondary N) is 3. The molecule has 0 saturated heterocycles. The van der Waals surface area contributed by atoms with E-state index in [4.69, 9.17) is 4.74 Å². The number of hydrazine groups is 1. The quantitative estimate of drug-likeness (QED) is 0.568. The van der Waals surface area contributed by atoms with Crippen LogP contribution in [-0.2, 0) is 16.0 Å². The lowest BCUT2D eigenvalue weighted by molar-refractivity contribution is -0.128. The van der Waals surface area contributed by atoms with Crippen LogP contribution in [0.1, 0.15) is 12.5 Å². The molecule has 2 aromatic carbocycles. The number of hydrogen-bond donors (Lipinski definition) is 3. The van der Waals surface area contributed by atoms with Crippen molar-refractivity contribution in [3.05, 3.63) is 54.1 Å². The van der Waals surface area contributed by atoms with E-state index >= 15 is 0 Å². The summed E-state index contributed by atoms with van der Waals surface area (Å²) >= 11 is 1.47. The van der Waals surface area contributed by atoms with Crippen LogP contribution in [0.2, 0.25) is 0 Å². The zero-order valence-corrected chi connectivity index (χ0v) is 15.8. The molecule has 0 saturated carbocycles. The number of para-hydroxylation sites is 2. The number of benzene rings is 2. The van der Waals surface area contributed by atoms with Crippen LogP contribution in [0.25, 0.3) is 10.2 Å². The monoisotopic (exact) mass is 384 g/mol. The van der Waals surface area contributed by atoms with Crippen LogP contribution in [0.15, 0.2) is 48.5 Å². The van der Waals surface area contributed by atoms with E-state index in [-0.39, 0.29) is 18.2 Å². The minimum Gasteiger partial charge on any atom is -0.496 e. The van der Waals surface area contributed by atoms with Gasteiger partial charge in [0.2, 0.25) is 5.91 Å². The summed E-state index contributed by atoms with van der Waals surface area (Å²) in [4.78, 5) is 28.7. The third kappa shape index (κ3) is 4.73. The average molecular weight is 384 g/mol. The van der Waals surface area contributed by atoms with E-state index in [1.165, 1.54) is 11.3 Å². The predicted molar refractivity (Wildman–Crippen MR) is 106 cm³/mol. The molecule has 140 valence electrons. The maximum atomic E-state index is 12.2. The fourth-order valence-electron chi connectivity index (χ4n) is 2.49. The Morgan fingerprint density at radius 2 is 1.85 bits per heavy atom. The first kappa shape index (κ1) is 18.7. The largest absolute Gasteiger partial charge is 0.496 e. The third-order valence-corrected chi connectivity index (χ3v) is 4.86. The molecule has 0 fully saturated rings. The van der Waals surface area contributed by atoms with Crippen molar-refractivity contribution in [1.82, 2.24) is 15.8 Å². The van der Waals surface area contributed by atoms with Gasteiger partial charge >= 0.3 is 0 Å². The van der Waals surface area contributed by atoms with Crippen molar-refractivity contribution in [3.63, 3.8) is 0 Å². The van der Waals surface area contributed by atoms with Crippen molar-refractivity contribution in [2.45, 2.75) is 19.4 Å². The Hall–Kier alpha value is -3.13. The van der Waals surface area contributed by atoms with Crippen LogP contribution in [0.5, 0.6) is 5.75 Å². The second kappa shape index (κ2) is 8.50. The van der Waals surface area contributed by atoms with Gasteiger partial charge in [-0.05, 0) is 25.1 Å². The lowest BCUT2D eigenvalue weighted by Crippen LogP contribution is -2.48. The Balaban J connectivity index is 1.51. The van der Waals surface area contributed by atoms with E-state index in [9.17, 15) is 9.59 Å². The van der Waals surface area contributed by atoms with E-state index in [2.05, 4.69) is 21.2 Å². The molecule has 3 rings (SSSR count). The molecule has 1 heterocycles. The zero-order valence-electron chi connectivity index (χ0n) is 15.0. The summed E-state index contributed by atoms with van der Waals surface area (Å²) < 4.78 is 6.26. The number of fused-ring (bicyclic) bond motifs is 1. The standard InChI is InChI=1S/C19H20N4O3S/c1-12(20-19-21-14-8-4-6-10-16(14)27-19)18(25)23-22-17(24)11-13-7-3-5-9-15(13)26-2/h3-10,12H,11H2,1-2H3,(H,20,21)(H,22,24)(H,23,25)/t12-/m0/s1. The van der Waals surface area contributed by atoms with Crippen molar-refractivity contribution < 1.29 is 14.3 Å². The van der Waals surface area contributed by atoms with Crippen LogP contribution in [-0.4, -0.2) is 29.9 Å². The molecule has 0 radical (unpaired) electrons. The summed E-state index contributed by atoms with van der Waals surface area (Å²) in [6.45, 7) is 1.70. The molecule has 7 nitrogen and oxygen atoms in total. The Labute approximate surface area is 160 Å². The molecule has 27 heavy (non-hydrogen) atoms. The highest BCUT2D eigenvalue weighted by Gasteiger charge is 2.16. The summed E-state index contributed by atoms with van der Waals surface area (Å²) in [6.07, 6.45) is 0.101. The SMILES string of the molecule is COc1ccccc1CC(=O)NNC(=O)[C@H](C)Nc1nc2ccccc2s1. The zero-order chi connectivity index (χ0) is 19.2. The van der Waals surface area contributed by atoms with Gasteiger partial charge in [-0.2, -0.15) is 0 Å². The molecule has 0 aliphatic rings. The lowest BCUT2D eigenvalue weighted by Gasteiger charge is -2.14. The molecule has 0 spiro atoms. The number of rotatable bonds is 6. The minimum absolute atomic E-state index is 0.101. The molecular weight excluding hydrogens is 364 g/mol.